The van der Waals surface area contributed by atoms with Gasteiger partial charge in [0, 0.05) is 59.9 Å². The second-order valence-corrected chi connectivity index (χ2v) is 7.02. The van der Waals surface area contributed by atoms with E-state index in [1.165, 1.54) is 20.0 Å². The van der Waals surface area contributed by atoms with E-state index in [4.69, 9.17) is 0 Å². The Labute approximate surface area is 180 Å². The molecular formula is C23H17F6N3. The van der Waals surface area contributed by atoms with Crippen molar-refractivity contribution in [3.05, 3.63) is 89.3 Å². The van der Waals surface area contributed by atoms with Gasteiger partial charge in [0.1, 0.15) is 23.0 Å². The van der Waals surface area contributed by atoms with Crippen LogP contribution >= 0.6 is 0 Å². The van der Waals surface area contributed by atoms with Gasteiger partial charge < -0.3 is 0 Å². The third-order valence-electron chi connectivity index (χ3n) is 4.69. The lowest BCUT2D eigenvalue weighted by Crippen LogP contribution is -2.23. The molecule has 0 fully saturated rings. The molecule has 3 nitrogen and oxygen atoms in total. The van der Waals surface area contributed by atoms with Gasteiger partial charge in [-0.25, -0.2) is 26.3 Å². The molecule has 0 amide bonds. The number of aliphatic imine (C=N–C) groups is 2. The zero-order valence-corrected chi connectivity index (χ0v) is 17.0. The summed E-state index contributed by atoms with van der Waals surface area (Å²) in [6, 6.07) is 7.07. The molecule has 0 spiro atoms. The first-order chi connectivity index (χ1) is 15.2. The summed E-state index contributed by atoms with van der Waals surface area (Å²) in [4.78, 5) is 12.1. The standard InChI is InChI=1S/C23H17F6N3/c1-12(31-22-18(26)7-14(24)8-19(22)27)17(11-16-5-3-4-6-30-16)13(2)32-23-20(28)9-15(25)10-21(23)29/h3-10,17H,11H2,1-2H3/b31-12+,32-13+. The van der Waals surface area contributed by atoms with Gasteiger partial charge in [-0.15, -0.1) is 0 Å². The van der Waals surface area contributed by atoms with Crippen molar-refractivity contribution in [3.8, 4) is 0 Å². The molecule has 9 heteroatoms. The van der Waals surface area contributed by atoms with Gasteiger partial charge in [-0.3, -0.25) is 15.0 Å². The minimum Gasteiger partial charge on any atom is -0.261 e. The molecule has 32 heavy (non-hydrogen) atoms. The second kappa shape index (κ2) is 9.76. The number of benzene rings is 2. The zero-order chi connectivity index (χ0) is 23.4. The van der Waals surface area contributed by atoms with Crippen molar-refractivity contribution in [2.45, 2.75) is 20.3 Å². The van der Waals surface area contributed by atoms with Gasteiger partial charge >= 0.3 is 0 Å². The molecule has 0 unspecified atom stereocenters. The highest BCUT2D eigenvalue weighted by Gasteiger charge is 2.21. The molecule has 2 aromatic carbocycles. The van der Waals surface area contributed by atoms with Crippen LogP contribution in [0.15, 0.2) is 58.6 Å². The Balaban J connectivity index is 2.08. The van der Waals surface area contributed by atoms with Crippen LogP contribution in [-0.4, -0.2) is 16.4 Å². The maximum Gasteiger partial charge on any atom is 0.154 e. The first-order valence-electron chi connectivity index (χ1n) is 9.45. The highest BCUT2D eigenvalue weighted by molar-refractivity contribution is 6.07. The number of pyridine rings is 1. The molecule has 3 aromatic rings. The van der Waals surface area contributed by atoms with Crippen LogP contribution in [0.4, 0.5) is 37.7 Å². The number of hydrogen-bond donors (Lipinski definition) is 0. The fourth-order valence-electron chi connectivity index (χ4n) is 3.12. The van der Waals surface area contributed by atoms with E-state index < -0.39 is 52.2 Å². The summed E-state index contributed by atoms with van der Waals surface area (Å²) in [5, 5.41) is 0. The molecule has 0 aliphatic rings. The van der Waals surface area contributed by atoms with Gasteiger partial charge in [-0.05, 0) is 26.0 Å². The van der Waals surface area contributed by atoms with Crippen LogP contribution in [0.3, 0.4) is 0 Å². The first kappa shape index (κ1) is 23.2. The van der Waals surface area contributed by atoms with E-state index >= 15 is 0 Å². The maximum atomic E-state index is 14.1. The Morgan fingerprint density at radius 1 is 0.750 bits per heavy atom. The van der Waals surface area contributed by atoms with Crippen molar-refractivity contribution in [1.82, 2.24) is 4.98 Å². The molecule has 0 aliphatic carbocycles. The summed E-state index contributed by atoms with van der Waals surface area (Å²) in [6.45, 7) is 2.90. The van der Waals surface area contributed by atoms with E-state index in [9.17, 15) is 26.3 Å². The number of nitrogens with zero attached hydrogens (tertiary/aromatic N) is 3. The Hall–Kier alpha value is -3.49. The Morgan fingerprint density at radius 2 is 1.19 bits per heavy atom. The topological polar surface area (TPSA) is 37.6 Å². The molecule has 3 rings (SSSR count). The summed E-state index contributed by atoms with van der Waals surface area (Å²) in [6.07, 6.45) is 1.67. The van der Waals surface area contributed by atoms with Crippen LogP contribution in [0.25, 0.3) is 0 Å². The highest BCUT2D eigenvalue weighted by atomic mass is 19.2. The van der Waals surface area contributed by atoms with E-state index in [0.29, 0.717) is 30.0 Å². The Bertz CT molecular complexity index is 1070. The van der Waals surface area contributed by atoms with Crippen LogP contribution in [0.5, 0.6) is 0 Å². The van der Waals surface area contributed by atoms with Crippen molar-refractivity contribution in [3.63, 3.8) is 0 Å². The third kappa shape index (κ3) is 5.40. The summed E-state index contributed by atoms with van der Waals surface area (Å²) >= 11 is 0. The highest BCUT2D eigenvalue weighted by Crippen LogP contribution is 2.28. The molecule has 0 radical (unpaired) electrons. The van der Waals surface area contributed by atoms with Gasteiger partial charge in [0.2, 0.25) is 0 Å². The fourth-order valence-corrected chi connectivity index (χ4v) is 3.12. The second-order valence-electron chi connectivity index (χ2n) is 7.02. The summed E-state index contributed by atoms with van der Waals surface area (Å²) in [5.41, 5.74) is -0.570. The minimum absolute atomic E-state index is 0.139. The van der Waals surface area contributed by atoms with Crippen molar-refractivity contribution < 1.29 is 26.3 Å². The predicted molar refractivity (Wildman–Crippen MR) is 110 cm³/mol. The average Bonchev–Trinajstić information content (AvgIpc) is 2.72. The fraction of sp³-hybridized carbons (Fsp3) is 0.174. The quantitative estimate of drug-likeness (QED) is 0.306. The van der Waals surface area contributed by atoms with E-state index in [2.05, 4.69) is 15.0 Å². The maximum absolute atomic E-state index is 14.1. The van der Waals surface area contributed by atoms with Gasteiger partial charge in [0.15, 0.2) is 23.3 Å². The van der Waals surface area contributed by atoms with E-state index in [0.717, 1.165) is 0 Å². The lowest BCUT2D eigenvalue weighted by atomic mass is 9.93. The minimum atomic E-state index is -1.20. The normalized spacial score (nSPS) is 13.4. The van der Waals surface area contributed by atoms with E-state index in [1.807, 2.05) is 0 Å². The van der Waals surface area contributed by atoms with Crippen molar-refractivity contribution >= 4 is 22.8 Å². The van der Waals surface area contributed by atoms with E-state index in [-0.39, 0.29) is 17.8 Å². The van der Waals surface area contributed by atoms with Crippen molar-refractivity contribution in [2.75, 3.05) is 0 Å². The summed E-state index contributed by atoms with van der Waals surface area (Å²) in [5.74, 6) is -7.79. The molecule has 0 N–H and O–H groups in total. The van der Waals surface area contributed by atoms with Crippen LogP contribution in [0.2, 0.25) is 0 Å². The first-order valence-corrected chi connectivity index (χ1v) is 9.45. The number of halogens is 6. The summed E-state index contributed by atoms with van der Waals surface area (Å²) < 4.78 is 82.8. The average molecular weight is 449 g/mol. The van der Waals surface area contributed by atoms with Gasteiger partial charge in [0.25, 0.3) is 0 Å². The Kier molecular flexibility index (Phi) is 7.07. The lowest BCUT2D eigenvalue weighted by molar-refractivity contribution is 0.545. The molecule has 1 heterocycles. The SMILES string of the molecule is C/C(=N\c1c(F)cc(F)cc1F)C(Cc1ccccn1)/C(C)=N/c1c(F)cc(F)cc1F. The van der Waals surface area contributed by atoms with Crippen LogP contribution < -0.4 is 0 Å². The van der Waals surface area contributed by atoms with E-state index in [1.54, 1.807) is 18.2 Å². The Morgan fingerprint density at radius 3 is 1.56 bits per heavy atom. The van der Waals surface area contributed by atoms with Crippen LogP contribution in [0.1, 0.15) is 19.5 Å². The number of hydrogen-bond acceptors (Lipinski definition) is 3. The van der Waals surface area contributed by atoms with Gasteiger partial charge in [0.05, 0.1) is 0 Å². The van der Waals surface area contributed by atoms with Crippen LogP contribution in [0, 0.1) is 40.8 Å². The summed E-state index contributed by atoms with van der Waals surface area (Å²) in [7, 11) is 0. The predicted octanol–water partition coefficient (Wildman–Crippen LogP) is 6.66. The number of rotatable bonds is 6. The van der Waals surface area contributed by atoms with Crippen molar-refractivity contribution in [2.24, 2.45) is 15.9 Å². The smallest absolute Gasteiger partial charge is 0.154 e. The monoisotopic (exact) mass is 449 g/mol. The zero-order valence-electron chi connectivity index (χ0n) is 17.0. The van der Waals surface area contributed by atoms with Crippen LogP contribution in [-0.2, 0) is 6.42 Å². The van der Waals surface area contributed by atoms with Gasteiger partial charge in [-0.1, -0.05) is 6.07 Å². The van der Waals surface area contributed by atoms with Gasteiger partial charge in [-0.2, -0.15) is 0 Å². The molecule has 0 atom stereocenters. The molecule has 1 aromatic heterocycles. The molecule has 0 saturated heterocycles. The molecule has 166 valence electrons. The lowest BCUT2D eigenvalue weighted by Gasteiger charge is -2.17. The largest absolute Gasteiger partial charge is 0.261 e. The molecular weight excluding hydrogens is 432 g/mol. The number of aromatic nitrogens is 1. The third-order valence-corrected chi connectivity index (χ3v) is 4.69. The molecule has 0 aliphatic heterocycles. The molecule has 0 saturated carbocycles. The van der Waals surface area contributed by atoms with Crippen molar-refractivity contribution in [1.29, 1.82) is 0 Å². The molecule has 0 bridgehead atoms.